The van der Waals surface area contributed by atoms with Crippen molar-refractivity contribution in [2.75, 3.05) is 23.8 Å². The zero-order valence-electron chi connectivity index (χ0n) is 13.1. The number of hydrogen-bond acceptors (Lipinski definition) is 4. The number of carbonyl (C=O) groups excluding carboxylic acids is 1. The molecule has 0 aliphatic rings. The van der Waals surface area contributed by atoms with Gasteiger partial charge in [0, 0.05) is 25.5 Å². The summed E-state index contributed by atoms with van der Waals surface area (Å²) in [5.74, 6) is 0.355. The summed E-state index contributed by atoms with van der Waals surface area (Å²) in [5, 5.41) is 3.16. The van der Waals surface area contributed by atoms with Crippen LogP contribution in [0.3, 0.4) is 0 Å². The predicted molar refractivity (Wildman–Crippen MR) is 89.2 cm³/mol. The highest BCUT2D eigenvalue weighted by molar-refractivity contribution is 6.04. The first-order chi connectivity index (χ1) is 10.7. The van der Waals surface area contributed by atoms with E-state index in [9.17, 15) is 4.79 Å². The highest BCUT2D eigenvalue weighted by Crippen LogP contribution is 2.14. The Bertz CT molecular complexity index is 601. The lowest BCUT2D eigenvalue weighted by atomic mass is 10.2. The van der Waals surface area contributed by atoms with Crippen molar-refractivity contribution in [1.29, 1.82) is 0 Å². The van der Waals surface area contributed by atoms with Gasteiger partial charge in [-0.1, -0.05) is 38.0 Å². The normalized spacial score (nSPS) is 10.3. The van der Waals surface area contributed by atoms with E-state index in [0.29, 0.717) is 11.6 Å². The Morgan fingerprint density at radius 3 is 2.68 bits per heavy atom. The summed E-state index contributed by atoms with van der Waals surface area (Å²) in [6, 6.07) is 11.1. The molecule has 0 aliphatic heterocycles. The second-order valence-corrected chi connectivity index (χ2v) is 5.10. The first-order valence-corrected chi connectivity index (χ1v) is 7.62. The number of anilines is 2. The van der Waals surface area contributed by atoms with E-state index in [-0.39, 0.29) is 5.91 Å². The Kier molecular flexibility index (Phi) is 5.89. The number of nitrogens with one attached hydrogen (secondary N) is 1. The molecule has 1 N–H and O–H groups in total. The van der Waals surface area contributed by atoms with Crippen molar-refractivity contribution in [2.24, 2.45) is 0 Å². The molecular formula is C17H22N4O. The highest BCUT2D eigenvalue weighted by Gasteiger charge is 2.15. The molecule has 1 aromatic carbocycles. The van der Waals surface area contributed by atoms with Gasteiger partial charge in [-0.25, -0.2) is 9.97 Å². The summed E-state index contributed by atoms with van der Waals surface area (Å²) in [4.78, 5) is 22.5. The largest absolute Gasteiger partial charge is 0.354 e. The fourth-order valence-corrected chi connectivity index (χ4v) is 2.08. The fourth-order valence-electron chi connectivity index (χ4n) is 2.08. The lowest BCUT2D eigenvalue weighted by Crippen LogP contribution is -2.27. The maximum absolute atomic E-state index is 12.5. The molecule has 0 aliphatic carbocycles. The quantitative estimate of drug-likeness (QED) is 0.796. The number of unbranched alkanes of at least 4 members (excludes halogenated alkanes) is 2. The van der Waals surface area contributed by atoms with Crippen LogP contribution in [0.4, 0.5) is 11.6 Å². The second-order valence-electron chi connectivity index (χ2n) is 5.10. The molecule has 0 fully saturated rings. The smallest absolute Gasteiger partial charge is 0.276 e. The third-order valence-electron chi connectivity index (χ3n) is 3.39. The molecule has 0 spiro atoms. The van der Waals surface area contributed by atoms with Crippen molar-refractivity contribution in [3.8, 4) is 0 Å². The van der Waals surface area contributed by atoms with E-state index < -0.39 is 0 Å². The summed E-state index contributed by atoms with van der Waals surface area (Å²) >= 11 is 0. The van der Waals surface area contributed by atoms with Crippen LogP contribution in [-0.2, 0) is 0 Å². The van der Waals surface area contributed by atoms with Gasteiger partial charge in [0.1, 0.15) is 5.69 Å². The maximum Gasteiger partial charge on any atom is 0.276 e. The molecule has 0 atom stereocenters. The SMILES string of the molecule is CCCCCNc1nccc(C(=O)N(C)c2ccccc2)n1. The first kappa shape index (κ1) is 15.9. The summed E-state index contributed by atoms with van der Waals surface area (Å²) in [6.45, 7) is 2.98. The summed E-state index contributed by atoms with van der Waals surface area (Å²) in [7, 11) is 1.74. The molecule has 0 bridgehead atoms. The standard InChI is InChI=1S/C17H22N4O/c1-3-4-8-12-18-17-19-13-11-15(20-17)16(22)21(2)14-9-6-5-7-10-14/h5-7,9-11,13H,3-4,8,12H2,1-2H3,(H,18,19,20). The van der Waals surface area contributed by atoms with Crippen LogP contribution in [0.1, 0.15) is 36.7 Å². The molecular weight excluding hydrogens is 276 g/mol. The van der Waals surface area contributed by atoms with Crippen molar-refractivity contribution in [2.45, 2.75) is 26.2 Å². The van der Waals surface area contributed by atoms with Crippen LogP contribution in [0.2, 0.25) is 0 Å². The van der Waals surface area contributed by atoms with Crippen LogP contribution in [0.25, 0.3) is 0 Å². The van der Waals surface area contributed by atoms with Crippen molar-refractivity contribution in [3.05, 3.63) is 48.3 Å². The number of carbonyl (C=O) groups is 1. The van der Waals surface area contributed by atoms with E-state index in [4.69, 9.17) is 0 Å². The van der Waals surface area contributed by atoms with Crippen molar-refractivity contribution >= 4 is 17.5 Å². The predicted octanol–water partition coefficient (Wildman–Crippen LogP) is 3.36. The number of rotatable bonds is 7. The van der Waals surface area contributed by atoms with Crippen LogP contribution in [0, 0.1) is 0 Å². The fraction of sp³-hybridized carbons (Fsp3) is 0.353. The van der Waals surface area contributed by atoms with Crippen LogP contribution in [0.5, 0.6) is 0 Å². The van der Waals surface area contributed by atoms with Gasteiger partial charge in [0.05, 0.1) is 0 Å². The van der Waals surface area contributed by atoms with Gasteiger partial charge in [-0.3, -0.25) is 4.79 Å². The van der Waals surface area contributed by atoms with E-state index in [0.717, 1.165) is 18.7 Å². The average molecular weight is 298 g/mol. The van der Waals surface area contributed by atoms with Gasteiger partial charge < -0.3 is 10.2 Å². The average Bonchev–Trinajstić information content (AvgIpc) is 2.58. The monoisotopic (exact) mass is 298 g/mol. The summed E-state index contributed by atoms with van der Waals surface area (Å²) in [5.41, 5.74) is 1.22. The van der Waals surface area contributed by atoms with E-state index in [1.807, 2.05) is 30.3 Å². The summed E-state index contributed by atoms with van der Waals surface area (Å²) < 4.78 is 0. The van der Waals surface area contributed by atoms with Gasteiger partial charge in [-0.15, -0.1) is 0 Å². The van der Waals surface area contributed by atoms with Gasteiger partial charge >= 0.3 is 0 Å². The molecule has 116 valence electrons. The third-order valence-corrected chi connectivity index (χ3v) is 3.39. The first-order valence-electron chi connectivity index (χ1n) is 7.62. The lowest BCUT2D eigenvalue weighted by Gasteiger charge is -2.17. The maximum atomic E-state index is 12.5. The van der Waals surface area contributed by atoms with Gasteiger partial charge in [0.15, 0.2) is 0 Å². The minimum absolute atomic E-state index is 0.148. The summed E-state index contributed by atoms with van der Waals surface area (Å²) in [6.07, 6.45) is 5.02. The zero-order chi connectivity index (χ0) is 15.8. The van der Waals surface area contributed by atoms with E-state index >= 15 is 0 Å². The van der Waals surface area contributed by atoms with E-state index in [2.05, 4.69) is 22.2 Å². The molecule has 2 aromatic rings. The van der Waals surface area contributed by atoms with Gasteiger partial charge in [-0.05, 0) is 24.6 Å². The molecule has 1 heterocycles. The second kappa shape index (κ2) is 8.12. The van der Waals surface area contributed by atoms with Crippen LogP contribution in [0.15, 0.2) is 42.6 Å². The molecule has 0 saturated heterocycles. The number of para-hydroxylation sites is 1. The minimum atomic E-state index is -0.148. The Labute approximate surface area is 131 Å². The molecule has 5 heteroatoms. The molecule has 22 heavy (non-hydrogen) atoms. The number of aromatic nitrogens is 2. The van der Waals surface area contributed by atoms with Crippen molar-refractivity contribution < 1.29 is 4.79 Å². The molecule has 0 radical (unpaired) electrons. The lowest BCUT2D eigenvalue weighted by molar-refractivity contribution is 0.0988. The minimum Gasteiger partial charge on any atom is -0.354 e. The Hall–Kier alpha value is -2.43. The zero-order valence-corrected chi connectivity index (χ0v) is 13.1. The third kappa shape index (κ3) is 4.28. The topological polar surface area (TPSA) is 58.1 Å². The number of benzene rings is 1. The molecule has 5 nitrogen and oxygen atoms in total. The molecule has 1 aromatic heterocycles. The van der Waals surface area contributed by atoms with E-state index in [1.54, 1.807) is 24.2 Å². The van der Waals surface area contributed by atoms with Crippen LogP contribution < -0.4 is 10.2 Å². The molecule has 0 saturated carbocycles. The molecule has 1 amide bonds. The number of hydrogen-bond donors (Lipinski definition) is 1. The number of amides is 1. The molecule has 0 unspecified atom stereocenters. The Balaban J connectivity index is 2.03. The number of nitrogens with zero attached hydrogens (tertiary/aromatic N) is 3. The Morgan fingerprint density at radius 2 is 1.95 bits per heavy atom. The van der Waals surface area contributed by atoms with E-state index in [1.165, 1.54) is 12.8 Å². The van der Waals surface area contributed by atoms with Crippen molar-refractivity contribution in [1.82, 2.24) is 9.97 Å². The van der Waals surface area contributed by atoms with Crippen LogP contribution >= 0.6 is 0 Å². The Morgan fingerprint density at radius 1 is 1.18 bits per heavy atom. The molecule has 2 rings (SSSR count). The van der Waals surface area contributed by atoms with Gasteiger partial charge in [0.2, 0.25) is 5.95 Å². The van der Waals surface area contributed by atoms with Gasteiger partial charge in [0.25, 0.3) is 5.91 Å². The van der Waals surface area contributed by atoms with Crippen molar-refractivity contribution in [3.63, 3.8) is 0 Å². The van der Waals surface area contributed by atoms with Crippen LogP contribution in [-0.4, -0.2) is 29.5 Å². The van der Waals surface area contributed by atoms with Gasteiger partial charge in [-0.2, -0.15) is 0 Å². The highest BCUT2D eigenvalue weighted by atomic mass is 16.2.